The van der Waals surface area contributed by atoms with Gasteiger partial charge in [0.05, 0.1) is 5.69 Å². The summed E-state index contributed by atoms with van der Waals surface area (Å²) in [4.78, 5) is 5.42. The summed E-state index contributed by atoms with van der Waals surface area (Å²) in [5.41, 5.74) is 26.8. The number of aryl methyl sites for hydroxylation is 1. The minimum absolute atomic E-state index is 0.0108. The molecule has 0 radical (unpaired) electrons. The van der Waals surface area contributed by atoms with Crippen LogP contribution in [0.3, 0.4) is 0 Å². The van der Waals surface area contributed by atoms with Gasteiger partial charge in [-0.05, 0) is 173 Å². The van der Waals surface area contributed by atoms with E-state index in [-0.39, 0.29) is 39.2 Å². The van der Waals surface area contributed by atoms with E-state index in [0.717, 1.165) is 12.8 Å². The first-order valence-corrected chi connectivity index (χ1v) is 25.9. The zero-order valence-electron chi connectivity index (χ0n) is 44.3. The molecule has 7 aromatic rings. The number of fused-ring (bicyclic) bond motifs is 6. The normalized spacial score (nSPS) is 18.0. The van der Waals surface area contributed by atoms with Crippen molar-refractivity contribution in [3.05, 3.63) is 172 Å². The lowest BCUT2D eigenvalue weighted by molar-refractivity contribution is 0.332. The third kappa shape index (κ3) is 7.18. The van der Waals surface area contributed by atoms with Crippen molar-refractivity contribution in [1.29, 1.82) is 0 Å². The van der Waals surface area contributed by atoms with Crippen molar-refractivity contribution in [2.45, 2.75) is 156 Å². The molecular weight excluding hydrogens is 832 g/mol. The molecule has 0 atom stereocenters. The summed E-state index contributed by atoms with van der Waals surface area (Å²) in [7, 11) is 0. The molecule has 2 heterocycles. The Balaban J connectivity index is 1.31. The summed E-state index contributed by atoms with van der Waals surface area (Å²) in [6.45, 7) is 36.4. The average molecular weight is 905 g/mol. The maximum absolute atomic E-state index is 2.72. The lowest BCUT2D eigenvalue weighted by Gasteiger charge is -2.48. The van der Waals surface area contributed by atoms with Gasteiger partial charge in [0.1, 0.15) is 0 Å². The summed E-state index contributed by atoms with van der Waals surface area (Å²) >= 11 is 0. The van der Waals surface area contributed by atoms with E-state index in [1.54, 1.807) is 0 Å². The molecule has 2 aliphatic heterocycles. The van der Waals surface area contributed by atoms with Gasteiger partial charge in [0.15, 0.2) is 0 Å². The number of nitrogens with zero attached hydrogens (tertiary/aromatic N) is 2. The molecule has 0 amide bonds. The molecular formula is C66H73BN2. The lowest BCUT2D eigenvalue weighted by atomic mass is 9.33. The topological polar surface area (TPSA) is 6.48 Å². The van der Waals surface area contributed by atoms with E-state index in [1.807, 2.05) is 0 Å². The Morgan fingerprint density at radius 1 is 0.406 bits per heavy atom. The molecule has 0 unspecified atom stereocenters. The summed E-state index contributed by atoms with van der Waals surface area (Å²) in [6, 6.07) is 52.6. The van der Waals surface area contributed by atoms with Gasteiger partial charge in [-0.1, -0.05) is 188 Å². The van der Waals surface area contributed by atoms with Crippen LogP contribution in [0.1, 0.15) is 155 Å². The molecule has 0 saturated heterocycles. The Morgan fingerprint density at radius 3 is 1.51 bits per heavy atom. The van der Waals surface area contributed by atoms with Crippen LogP contribution in [0.15, 0.2) is 133 Å². The van der Waals surface area contributed by atoms with Gasteiger partial charge in [-0.3, -0.25) is 0 Å². The summed E-state index contributed by atoms with van der Waals surface area (Å²) in [6.07, 6.45) is 3.46. The van der Waals surface area contributed by atoms with Gasteiger partial charge < -0.3 is 9.80 Å². The zero-order valence-corrected chi connectivity index (χ0v) is 44.3. The Kier molecular flexibility index (Phi) is 9.99. The van der Waals surface area contributed by atoms with Crippen LogP contribution in [0.4, 0.5) is 34.1 Å². The highest BCUT2D eigenvalue weighted by Gasteiger charge is 2.49. The van der Waals surface area contributed by atoms with Gasteiger partial charge >= 0.3 is 0 Å². The smallest absolute Gasteiger partial charge is 0.252 e. The highest BCUT2D eigenvalue weighted by Crippen LogP contribution is 2.55. The number of hydrogen-bond donors (Lipinski definition) is 0. The fraction of sp³-hybridized carbons (Fsp3) is 0.364. The molecule has 69 heavy (non-hydrogen) atoms. The van der Waals surface area contributed by atoms with Crippen LogP contribution in [0.25, 0.3) is 22.3 Å². The Bertz CT molecular complexity index is 3230. The Morgan fingerprint density at radius 2 is 0.913 bits per heavy atom. The standard InChI is InChI=1S/C66H73BN2/c1-41-32-48-51(66(14,15)40-65(48,12)13)38-55(41)69-56-33-44(42-22-18-16-19-23-42)26-28-52(56)67-53-37-49-50(64(10,11)31-30-63(49,8)9)39-57(53)68(58-35-46(62(5,6)7)36-59(69)60(58)67)54-29-27-45(61(2,3)4)34-47(54)43-24-20-17-21-25-43/h16-29,32-39H,30-31,40H2,1-15H3. The molecule has 0 aromatic heterocycles. The van der Waals surface area contributed by atoms with E-state index in [2.05, 4.69) is 247 Å². The fourth-order valence-electron chi connectivity index (χ4n) is 13.2. The molecule has 0 saturated carbocycles. The lowest BCUT2D eigenvalue weighted by Crippen LogP contribution is -2.62. The predicted molar refractivity (Wildman–Crippen MR) is 299 cm³/mol. The Hall–Kier alpha value is -5.80. The summed E-state index contributed by atoms with van der Waals surface area (Å²) in [5, 5.41) is 0. The van der Waals surface area contributed by atoms with E-state index in [4.69, 9.17) is 0 Å². The molecule has 0 bridgehead atoms. The second kappa shape index (κ2) is 15.1. The van der Waals surface area contributed by atoms with Crippen molar-refractivity contribution in [3.63, 3.8) is 0 Å². The molecule has 11 rings (SSSR count). The van der Waals surface area contributed by atoms with Gasteiger partial charge in [0, 0.05) is 34.0 Å². The number of benzene rings is 7. The average Bonchev–Trinajstić information content (AvgIpc) is 3.47. The molecule has 0 spiro atoms. The highest BCUT2D eigenvalue weighted by molar-refractivity contribution is 7.00. The van der Waals surface area contributed by atoms with E-state index < -0.39 is 0 Å². The van der Waals surface area contributed by atoms with Crippen LogP contribution in [0.2, 0.25) is 0 Å². The molecule has 0 fully saturated rings. The first kappa shape index (κ1) is 45.6. The third-order valence-corrected chi connectivity index (χ3v) is 17.1. The van der Waals surface area contributed by atoms with Crippen LogP contribution in [-0.4, -0.2) is 6.71 Å². The first-order chi connectivity index (χ1) is 32.4. The van der Waals surface area contributed by atoms with E-state index in [9.17, 15) is 0 Å². The molecule has 4 aliphatic rings. The van der Waals surface area contributed by atoms with Crippen LogP contribution in [0.5, 0.6) is 0 Å². The van der Waals surface area contributed by atoms with Gasteiger partial charge in [0.25, 0.3) is 6.71 Å². The van der Waals surface area contributed by atoms with Crippen molar-refractivity contribution in [3.8, 4) is 22.3 Å². The van der Waals surface area contributed by atoms with Crippen LogP contribution in [-0.2, 0) is 32.5 Å². The number of hydrogen-bond acceptors (Lipinski definition) is 2. The summed E-state index contributed by atoms with van der Waals surface area (Å²) < 4.78 is 0. The summed E-state index contributed by atoms with van der Waals surface area (Å²) in [5.74, 6) is 0. The van der Waals surface area contributed by atoms with Crippen LogP contribution < -0.4 is 26.2 Å². The van der Waals surface area contributed by atoms with Crippen molar-refractivity contribution < 1.29 is 0 Å². The van der Waals surface area contributed by atoms with Gasteiger partial charge in [-0.25, -0.2) is 0 Å². The minimum Gasteiger partial charge on any atom is -0.311 e. The molecule has 2 aliphatic carbocycles. The zero-order chi connectivity index (χ0) is 49.0. The maximum atomic E-state index is 2.72. The SMILES string of the molecule is Cc1cc2c(cc1N1c3cc(-c4ccccc4)ccc3B3c4cc5c(cc4N(c4ccc(C(C)(C)C)cc4-c4ccccc4)c4cc(C(C)(C)C)cc1c43)C(C)(C)CCC5(C)C)C(C)(C)CC2(C)C. The monoisotopic (exact) mass is 905 g/mol. The minimum atomic E-state index is -0.135. The van der Waals surface area contributed by atoms with Crippen molar-refractivity contribution in [2.75, 3.05) is 9.80 Å². The molecule has 3 heteroatoms. The van der Waals surface area contributed by atoms with Crippen molar-refractivity contribution in [1.82, 2.24) is 0 Å². The van der Waals surface area contributed by atoms with Crippen LogP contribution >= 0.6 is 0 Å². The van der Waals surface area contributed by atoms with Gasteiger partial charge in [-0.2, -0.15) is 0 Å². The van der Waals surface area contributed by atoms with Crippen molar-refractivity contribution >= 4 is 57.2 Å². The third-order valence-electron chi connectivity index (χ3n) is 17.1. The quantitative estimate of drug-likeness (QED) is 0.162. The number of anilines is 6. The second-order valence-electron chi connectivity index (χ2n) is 26.1. The molecule has 2 nitrogen and oxygen atoms in total. The largest absolute Gasteiger partial charge is 0.311 e. The van der Waals surface area contributed by atoms with Gasteiger partial charge in [-0.15, -0.1) is 0 Å². The predicted octanol–water partition coefficient (Wildman–Crippen LogP) is 16.3. The molecule has 0 N–H and O–H groups in total. The van der Waals surface area contributed by atoms with E-state index >= 15 is 0 Å². The van der Waals surface area contributed by atoms with Crippen LogP contribution in [0, 0.1) is 6.92 Å². The maximum Gasteiger partial charge on any atom is 0.252 e. The number of rotatable bonds is 4. The second-order valence-corrected chi connectivity index (χ2v) is 26.1. The fourth-order valence-corrected chi connectivity index (χ4v) is 13.2. The Labute approximate surface area is 415 Å². The highest BCUT2D eigenvalue weighted by atomic mass is 15.2. The van der Waals surface area contributed by atoms with Crippen molar-refractivity contribution in [2.24, 2.45) is 0 Å². The molecule has 7 aromatic carbocycles. The first-order valence-electron chi connectivity index (χ1n) is 25.9. The van der Waals surface area contributed by atoms with Gasteiger partial charge in [0.2, 0.25) is 0 Å². The van der Waals surface area contributed by atoms with E-state index in [0.29, 0.717) is 0 Å². The molecule has 350 valence electrons. The van der Waals surface area contributed by atoms with E-state index in [1.165, 1.54) is 118 Å².